The Morgan fingerprint density at radius 2 is 1.87 bits per heavy atom. The Morgan fingerprint density at radius 3 is 2.47 bits per heavy atom. The molecule has 0 aliphatic heterocycles. The summed E-state index contributed by atoms with van der Waals surface area (Å²) in [5.74, 6) is -1.16. The lowest BCUT2D eigenvalue weighted by molar-refractivity contribution is -0.153. The molecule has 11 atom stereocenters. The third-order valence-electron chi connectivity index (χ3n) is 11.0. The van der Waals surface area contributed by atoms with Gasteiger partial charge in [0.2, 0.25) is 0 Å². The van der Waals surface area contributed by atoms with Crippen LogP contribution in [0.2, 0.25) is 0 Å². The standard InChI is InChI=1S/C27H45O10P/c1-15(20(29)7-8-24(2,32)14-28)16-6-10-27(33)18-11-21(30)19-12-22(31)23(37-38(34,35)36)13-25(19,3)17(18)5-9-26(16,27)4/h11,15-17,19-20,22-23,28-29,31-33H,5-10,12-14H2,1-4H3,(H2,34,35,36)/t15-,16+,17-,19-,20?,22+,23-,24?,25+,26+,27+/m0/s1. The summed E-state index contributed by atoms with van der Waals surface area (Å²) in [5.41, 5.74) is -3.23. The van der Waals surface area contributed by atoms with E-state index in [1.807, 2.05) is 20.8 Å². The fourth-order valence-corrected chi connectivity index (χ4v) is 9.15. The Morgan fingerprint density at radius 1 is 1.21 bits per heavy atom. The zero-order valence-corrected chi connectivity index (χ0v) is 23.7. The number of phosphoric ester groups is 1. The highest BCUT2D eigenvalue weighted by molar-refractivity contribution is 7.46. The number of aliphatic hydroxyl groups excluding tert-OH is 3. The first kappa shape index (κ1) is 30.3. The van der Waals surface area contributed by atoms with Crippen molar-refractivity contribution in [3.05, 3.63) is 11.6 Å². The number of carbonyl (C=O) groups is 1. The molecule has 0 saturated heterocycles. The van der Waals surface area contributed by atoms with Crippen LogP contribution in [0.3, 0.4) is 0 Å². The highest BCUT2D eigenvalue weighted by atomic mass is 31.2. The molecule has 7 N–H and O–H groups in total. The van der Waals surface area contributed by atoms with E-state index in [4.69, 9.17) is 4.52 Å². The third-order valence-corrected chi connectivity index (χ3v) is 11.5. The van der Waals surface area contributed by atoms with Crippen molar-refractivity contribution in [2.24, 2.45) is 34.5 Å². The summed E-state index contributed by atoms with van der Waals surface area (Å²) >= 11 is 0. The highest BCUT2D eigenvalue weighted by Crippen LogP contribution is 2.68. The van der Waals surface area contributed by atoms with Gasteiger partial charge in [-0.05, 0) is 93.1 Å². The summed E-state index contributed by atoms with van der Waals surface area (Å²) in [6, 6.07) is 0. The Hall–Kier alpha value is -0.680. The lowest BCUT2D eigenvalue weighted by Gasteiger charge is -2.60. The molecule has 0 amide bonds. The Kier molecular flexibility index (Phi) is 7.97. The fourth-order valence-electron chi connectivity index (χ4n) is 8.58. The molecule has 3 fully saturated rings. The van der Waals surface area contributed by atoms with E-state index in [2.05, 4.69) is 0 Å². The van der Waals surface area contributed by atoms with Gasteiger partial charge in [0.15, 0.2) is 5.78 Å². The number of carbonyl (C=O) groups excluding carboxylic acids is 1. The minimum Gasteiger partial charge on any atom is -0.393 e. The second-order valence-corrected chi connectivity index (χ2v) is 14.5. The van der Waals surface area contributed by atoms with Gasteiger partial charge in [0.05, 0.1) is 36.1 Å². The van der Waals surface area contributed by atoms with Crippen LogP contribution in [0.25, 0.3) is 0 Å². The number of hydrogen-bond acceptors (Lipinski definition) is 8. The molecule has 4 aliphatic rings. The first-order chi connectivity index (χ1) is 17.4. The third kappa shape index (κ3) is 4.99. The maximum absolute atomic E-state index is 13.4. The second-order valence-electron chi connectivity index (χ2n) is 13.3. The van der Waals surface area contributed by atoms with Crippen LogP contribution in [0.5, 0.6) is 0 Å². The van der Waals surface area contributed by atoms with Crippen molar-refractivity contribution in [3.8, 4) is 0 Å². The van der Waals surface area contributed by atoms with E-state index >= 15 is 0 Å². The van der Waals surface area contributed by atoms with Gasteiger partial charge in [-0.1, -0.05) is 20.8 Å². The van der Waals surface area contributed by atoms with Gasteiger partial charge in [0, 0.05) is 11.3 Å². The zero-order valence-electron chi connectivity index (χ0n) is 22.8. The predicted octanol–water partition coefficient (Wildman–Crippen LogP) is 1.83. The van der Waals surface area contributed by atoms with Crippen LogP contribution in [-0.4, -0.2) is 77.2 Å². The molecule has 0 bridgehead atoms. The molecule has 11 heteroatoms. The van der Waals surface area contributed by atoms with Crippen LogP contribution in [0.4, 0.5) is 0 Å². The first-order valence-corrected chi connectivity index (χ1v) is 15.3. The quantitative estimate of drug-likeness (QED) is 0.216. The van der Waals surface area contributed by atoms with E-state index in [9.17, 15) is 44.7 Å². The van der Waals surface area contributed by atoms with E-state index in [-0.39, 0.29) is 42.8 Å². The topological polar surface area (TPSA) is 185 Å². The number of hydrogen-bond donors (Lipinski definition) is 7. The molecular formula is C27H45O10P. The van der Waals surface area contributed by atoms with Crippen molar-refractivity contribution >= 4 is 13.6 Å². The van der Waals surface area contributed by atoms with Gasteiger partial charge in [-0.15, -0.1) is 0 Å². The summed E-state index contributed by atoms with van der Waals surface area (Å²) in [5, 5.41) is 53.4. The number of phosphoric acid groups is 1. The molecule has 4 aliphatic carbocycles. The maximum atomic E-state index is 13.4. The van der Waals surface area contributed by atoms with Gasteiger partial charge in [-0.25, -0.2) is 4.57 Å². The number of fused-ring (bicyclic) bond motifs is 5. The largest absolute Gasteiger partial charge is 0.469 e. The molecule has 10 nitrogen and oxygen atoms in total. The molecule has 0 heterocycles. The van der Waals surface area contributed by atoms with Crippen molar-refractivity contribution in [2.75, 3.05) is 6.61 Å². The van der Waals surface area contributed by atoms with Gasteiger partial charge in [-0.2, -0.15) is 0 Å². The lowest BCUT2D eigenvalue weighted by atomic mass is 9.46. The van der Waals surface area contributed by atoms with E-state index in [0.29, 0.717) is 37.7 Å². The smallest absolute Gasteiger partial charge is 0.393 e. The molecule has 3 saturated carbocycles. The number of rotatable bonds is 8. The zero-order chi connectivity index (χ0) is 28.5. The van der Waals surface area contributed by atoms with Crippen molar-refractivity contribution in [1.29, 1.82) is 0 Å². The Labute approximate surface area is 224 Å². The molecule has 2 unspecified atom stereocenters. The Balaban J connectivity index is 1.61. The molecule has 0 aromatic rings. The molecule has 4 rings (SSSR count). The molecule has 0 aromatic heterocycles. The maximum Gasteiger partial charge on any atom is 0.469 e. The minimum absolute atomic E-state index is 0.0389. The summed E-state index contributed by atoms with van der Waals surface area (Å²) in [6.07, 6.45) is 1.61. The number of ketones is 1. The average molecular weight is 561 g/mol. The van der Waals surface area contributed by atoms with Crippen molar-refractivity contribution in [3.63, 3.8) is 0 Å². The summed E-state index contributed by atoms with van der Waals surface area (Å²) in [7, 11) is -4.85. The van der Waals surface area contributed by atoms with E-state index in [1.165, 1.54) is 6.92 Å². The summed E-state index contributed by atoms with van der Waals surface area (Å²) in [6.45, 7) is 7.03. The van der Waals surface area contributed by atoms with Crippen LogP contribution in [-0.2, 0) is 13.9 Å². The molecule has 218 valence electrons. The molecule has 38 heavy (non-hydrogen) atoms. The normalized spacial score (nSPS) is 44.3. The van der Waals surface area contributed by atoms with Crippen LogP contribution in [0, 0.1) is 34.5 Å². The van der Waals surface area contributed by atoms with Crippen LogP contribution in [0.15, 0.2) is 11.6 Å². The Bertz CT molecular complexity index is 1010. The molecular weight excluding hydrogens is 515 g/mol. The fraction of sp³-hybridized carbons (Fsp3) is 0.889. The molecule has 0 aromatic carbocycles. The van der Waals surface area contributed by atoms with E-state index in [1.54, 1.807) is 6.08 Å². The lowest BCUT2D eigenvalue weighted by Crippen LogP contribution is -2.61. The summed E-state index contributed by atoms with van der Waals surface area (Å²) < 4.78 is 16.5. The van der Waals surface area contributed by atoms with E-state index < -0.39 is 60.7 Å². The van der Waals surface area contributed by atoms with Crippen LogP contribution < -0.4 is 0 Å². The van der Waals surface area contributed by atoms with Gasteiger partial charge < -0.3 is 35.3 Å². The predicted molar refractivity (Wildman–Crippen MR) is 137 cm³/mol. The monoisotopic (exact) mass is 560 g/mol. The van der Waals surface area contributed by atoms with Crippen molar-refractivity contribution < 1.29 is 49.2 Å². The van der Waals surface area contributed by atoms with E-state index in [0.717, 1.165) is 0 Å². The summed E-state index contributed by atoms with van der Waals surface area (Å²) in [4.78, 5) is 32.2. The van der Waals surface area contributed by atoms with Crippen molar-refractivity contribution in [2.45, 2.75) is 109 Å². The van der Waals surface area contributed by atoms with Gasteiger partial charge in [0.25, 0.3) is 0 Å². The number of aliphatic hydroxyl groups is 5. The van der Waals surface area contributed by atoms with Crippen LogP contribution in [0.1, 0.15) is 79.1 Å². The van der Waals surface area contributed by atoms with Gasteiger partial charge in [-0.3, -0.25) is 9.32 Å². The minimum atomic E-state index is -4.85. The SMILES string of the molecule is C[C@H](C(O)CCC(C)(O)CO)[C@H]1CC[C@@]2(O)C3=CC(=O)[C@@H]4C[C@@H](O)[C@@H](OP(=O)(O)O)C[C@]4(C)[C@H]3CC[C@]12C. The molecule has 0 spiro atoms. The average Bonchev–Trinajstić information content (AvgIpc) is 3.09. The second kappa shape index (κ2) is 10.00. The van der Waals surface area contributed by atoms with Crippen LogP contribution >= 0.6 is 7.82 Å². The molecule has 0 radical (unpaired) electrons. The number of allylic oxidation sites excluding steroid dienone is 1. The van der Waals surface area contributed by atoms with Gasteiger partial charge >= 0.3 is 7.82 Å². The van der Waals surface area contributed by atoms with Crippen molar-refractivity contribution in [1.82, 2.24) is 0 Å². The van der Waals surface area contributed by atoms with Gasteiger partial charge in [0.1, 0.15) is 0 Å². The highest BCUT2D eigenvalue weighted by Gasteiger charge is 2.67. The first-order valence-electron chi connectivity index (χ1n) is 13.8.